The molecule has 1 aromatic heterocycles. The molecule has 3 atom stereocenters. The Morgan fingerprint density at radius 2 is 1.84 bits per heavy atom. The second-order valence-electron chi connectivity index (χ2n) is 9.99. The number of benzene rings is 2. The predicted molar refractivity (Wildman–Crippen MR) is 141 cm³/mol. The number of hydrogen-bond donors (Lipinski definition) is 1. The third kappa shape index (κ3) is 5.16. The lowest BCUT2D eigenvalue weighted by atomic mass is 9.94. The number of ether oxygens (including phenoxy) is 1. The van der Waals surface area contributed by atoms with Crippen molar-refractivity contribution in [2.24, 2.45) is 11.7 Å². The van der Waals surface area contributed by atoms with E-state index in [0.717, 1.165) is 42.7 Å². The van der Waals surface area contributed by atoms with Crippen LogP contribution in [0.25, 0.3) is 11.0 Å². The molecule has 10 heteroatoms. The average Bonchev–Trinajstić information content (AvgIpc) is 3.50. The fourth-order valence-electron chi connectivity index (χ4n) is 5.62. The first-order valence-electron chi connectivity index (χ1n) is 12.9. The summed E-state index contributed by atoms with van der Waals surface area (Å²) in [4.78, 5) is 20.7. The van der Waals surface area contributed by atoms with Crippen molar-refractivity contribution in [2.75, 3.05) is 39.9 Å². The van der Waals surface area contributed by atoms with Gasteiger partial charge in [0.25, 0.3) is 0 Å². The number of aromatic nitrogens is 2. The van der Waals surface area contributed by atoms with Crippen LogP contribution in [0, 0.1) is 5.92 Å². The molecule has 0 radical (unpaired) electrons. The first kappa shape index (κ1) is 25.8. The molecule has 0 saturated carbocycles. The minimum absolute atomic E-state index is 0.0648. The largest absolute Gasteiger partial charge is 0.385 e. The number of imidazole rings is 1. The number of aryl methyl sites for hydroxylation is 1. The van der Waals surface area contributed by atoms with Crippen LogP contribution in [0.1, 0.15) is 31.0 Å². The SMILES string of the molecule is COCCCn1c([C@@H]2CCCN(C(=O)[C@@H]3CN(S(=O)(=O)c4ccccc4)C[C@H]3N)C2)nc2ccccc21. The van der Waals surface area contributed by atoms with Crippen LogP contribution in [-0.2, 0) is 26.1 Å². The Kier molecular flexibility index (Phi) is 7.62. The third-order valence-electron chi connectivity index (χ3n) is 7.54. The van der Waals surface area contributed by atoms with Gasteiger partial charge in [-0.2, -0.15) is 4.31 Å². The number of amides is 1. The van der Waals surface area contributed by atoms with Gasteiger partial charge in [-0.15, -0.1) is 0 Å². The summed E-state index contributed by atoms with van der Waals surface area (Å²) in [7, 11) is -1.99. The van der Waals surface area contributed by atoms with Crippen molar-refractivity contribution in [1.29, 1.82) is 0 Å². The number of methoxy groups -OCH3 is 1. The summed E-state index contributed by atoms with van der Waals surface area (Å²) in [5.74, 6) is 0.482. The molecule has 9 nitrogen and oxygen atoms in total. The van der Waals surface area contributed by atoms with E-state index in [2.05, 4.69) is 10.6 Å². The standard InChI is InChI=1S/C27H35N5O4S/c1-36-16-8-15-32-25-13-6-5-12-24(25)29-26(32)20-9-7-14-30(17-20)27(33)22-18-31(19-23(22)28)37(34,35)21-10-3-2-4-11-21/h2-6,10-13,20,22-23H,7-9,14-19,28H2,1H3/t20-,22-,23-/m1/s1. The van der Waals surface area contributed by atoms with Crippen molar-refractivity contribution >= 4 is 27.0 Å². The number of fused-ring (bicyclic) bond motifs is 1. The smallest absolute Gasteiger partial charge is 0.243 e. The van der Waals surface area contributed by atoms with Crippen LogP contribution in [0.4, 0.5) is 0 Å². The van der Waals surface area contributed by atoms with E-state index in [9.17, 15) is 13.2 Å². The number of nitrogens with zero attached hydrogens (tertiary/aromatic N) is 4. The number of piperidine rings is 1. The summed E-state index contributed by atoms with van der Waals surface area (Å²) in [5.41, 5.74) is 8.41. The molecule has 2 saturated heterocycles. The molecule has 2 aliphatic rings. The monoisotopic (exact) mass is 525 g/mol. The molecule has 0 spiro atoms. The molecule has 2 fully saturated rings. The van der Waals surface area contributed by atoms with E-state index in [0.29, 0.717) is 19.7 Å². The van der Waals surface area contributed by atoms with Gasteiger partial charge in [-0.05, 0) is 43.5 Å². The molecule has 5 rings (SSSR count). The molecular formula is C27H35N5O4S. The lowest BCUT2D eigenvalue weighted by Crippen LogP contribution is -2.47. The maximum absolute atomic E-state index is 13.6. The summed E-state index contributed by atoms with van der Waals surface area (Å²) in [6.07, 6.45) is 2.69. The fraction of sp³-hybridized carbons (Fsp3) is 0.481. The zero-order valence-electron chi connectivity index (χ0n) is 21.2. The van der Waals surface area contributed by atoms with Gasteiger partial charge in [-0.1, -0.05) is 30.3 Å². The van der Waals surface area contributed by atoms with E-state index in [4.69, 9.17) is 15.5 Å². The summed E-state index contributed by atoms with van der Waals surface area (Å²) < 4.78 is 35.1. The number of para-hydroxylation sites is 2. The number of carbonyl (C=O) groups excluding carboxylic acids is 1. The van der Waals surface area contributed by atoms with Gasteiger partial charge in [0.2, 0.25) is 15.9 Å². The molecule has 2 N–H and O–H groups in total. The summed E-state index contributed by atoms with van der Waals surface area (Å²) in [5, 5.41) is 0. The van der Waals surface area contributed by atoms with Crippen molar-refractivity contribution in [3.63, 3.8) is 0 Å². The normalized spacial score (nSPS) is 23.1. The summed E-state index contributed by atoms with van der Waals surface area (Å²) in [6, 6.07) is 15.9. The first-order valence-corrected chi connectivity index (χ1v) is 14.4. The van der Waals surface area contributed by atoms with Gasteiger partial charge in [0, 0.05) is 58.4 Å². The Balaban J connectivity index is 1.33. The minimum atomic E-state index is -3.70. The van der Waals surface area contributed by atoms with Crippen LogP contribution < -0.4 is 5.73 Å². The Hall–Kier alpha value is -2.79. The average molecular weight is 526 g/mol. The number of likely N-dealkylation sites (tertiary alicyclic amines) is 1. The lowest BCUT2D eigenvalue weighted by molar-refractivity contribution is -0.136. The Labute approximate surface area is 218 Å². The van der Waals surface area contributed by atoms with Gasteiger partial charge in [0.15, 0.2) is 0 Å². The lowest BCUT2D eigenvalue weighted by Gasteiger charge is -2.35. The predicted octanol–water partition coefficient (Wildman–Crippen LogP) is 2.43. The van der Waals surface area contributed by atoms with E-state index >= 15 is 0 Å². The quantitative estimate of drug-likeness (QED) is 0.452. The van der Waals surface area contributed by atoms with Crippen LogP contribution in [0.5, 0.6) is 0 Å². The zero-order valence-corrected chi connectivity index (χ0v) is 22.0. The highest BCUT2D eigenvalue weighted by atomic mass is 32.2. The molecular weight excluding hydrogens is 490 g/mol. The molecule has 0 bridgehead atoms. The molecule has 3 heterocycles. The Morgan fingerprint density at radius 1 is 1.08 bits per heavy atom. The van der Waals surface area contributed by atoms with E-state index < -0.39 is 22.0 Å². The molecule has 198 valence electrons. The number of sulfonamides is 1. The Bertz CT molecular complexity index is 1340. The van der Waals surface area contributed by atoms with Crippen molar-refractivity contribution in [1.82, 2.24) is 18.8 Å². The van der Waals surface area contributed by atoms with Crippen molar-refractivity contribution in [2.45, 2.75) is 42.7 Å². The van der Waals surface area contributed by atoms with E-state index in [-0.39, 0.29) is 29.8 Å². The molecule has 2 aromatic carbocycles. The van der Waals surface area contributed by atoms with Gasteiger partial charge in [0.05, 0.1) is 21.8 Å². The van der Waals surface area contributed by atoms with Crippen LogP contribution in [0.15, 0.2) is 59.5 Å². The van der Waals surface area contributed by atoms with E-state index in [1.807, 2.05) is 23.1 Å². The molecule has 2 aliphatic heterocycles. The second kappa shape index (κ2) is 10.9. The number of rotatable bonds is 8. The second-order valence-corrected chi connectivity index (χ2v) is 11.9. The van der Waals surface area contributed by atoms with Crippen molar-refractivity contribution in [3.05, 3.63) is 60.4 Å². The molecule has 1 amide bonds. The highest BCUT2D eigenvalue weighted by Crippen LogP contribution is 2.32. The van der Waals surface area contributed by atoms with Crippen LogP contribution in [0.3, 0.4) is 0 Å². The topological polar surface area (TPSA) is 111 Å². The molecule has 3 aromatic rings. The number of carbonyl (C=O) groups is 1. The maximum atomic E-state index is 13.6. The first-order chi connectivity index (χ1) is 17.9. The highest BCUT2D eigenvalue weighted by molar-refractivity contribution is 7.89. The van der Waals surface area contributed by atoms with Crippen molar-refractivity contribution in [3.8, 4) is 0 Å². The number of nitrogens with two attached hydrogens (primary N) is 1. The fourth-order valence-corrected chi connectivity index (χ4v) is 7.15. The van der Waals surface area contributed by atoms with Crippen LogP contribution in [-0.4, -0.2) is 79.0 Å². The van der Waals surface area contributed by atoms with E-state index in [1.165, 1.54) is 4.31 Å². The highest BCUT2D eigenvalue weighted by Gasteiger charge is 2.43. The van der Waals surface area contributed by atoms with Crippen molar-refractivity contribution < 1.29 is 17.9 Å². The summed E-state index contributed by atoms with van der Waals surface area (Å²) >= 11 is 0. The van der Waals surface area contributed by atoms with Gasteiger partial charge in [-0.3, -0.25) is 4.79 Å². The zero-order chi connectivity index (χ0) is 26.0. The minimum Gasteiger partial charge on any atom is -0.385 e. The molecule has 0 unspecified atom stereocenters. The van der Waals surface area contributed by atoms with Gasteiger partial charge in [0.1, 0.15) is 5.82 Å². The molecule has 37 heavy (non-hydrogen) atoms. The maximum Gasteiger partial charge on any atom is 0.243 e. The summed E-state index contributed by atoms with van der Waals surface area (Å²) in [6.45, 7) is 2.92. The van der Waals surface area contributed by atoms with Crippen LogP contribution in [0.2, 0.25) is 0 Å². The van der Waals surface area contributed by atoms with Gasteiger partial charge in [-0.25, -0.2) is 13.4 Å². The third-order valence-corrected chi connectivity index (χ3v) is 9.39. The number of hydrogen-bond acceptors (Lipinski definition) is 6. The van der Waals surface area contributed by atoms with E-state index in [1.54, 1.807) is 37.4 Å². The van der Waals surface area contributed by atoms with Gasteiger partial charge < -0.3 is 19.9 Å². The Morgan fingerprint density at radius 3 is 2.62 bits per heavy atom. The van der Waals surface area contributed by atoms with Crippen LogP contribution >= 0.6 is 0 Å². The van der Waals surface area contributed by atoms with Gasteiger partial charge >= 0.3 is 0 Å². The molecule has 0 aliphatic carbocycles.